The van der Waals surface area contributed by atoms with Crippen molar-refractivity contribution in [3.8, 4) is 0 Å². The number of pyridine rings is 1. The molecule has 1 aromatic heterocycles. The summed E-state index contributed by atoms with van der Waals surface area (Å²) < 4.78 is 12.1. The summed E-state index contributed by atoms with van der Waals surface area (Å²) >= 11 is 0. The van der Waals surface area contributed by atoms with E-state index in [0.29, 0.717) is 5.75 Å². The molecule has 1 aliphatic heterocycles. The molecular weight excluding hydrogens is 254 g/mol. The average molecular weight is 269 g/mol. The molecule has 1 aromatic rings. The monoisotopic (exact) mass is 269 g/mol. The summed E-state index contributed by atoms with van der Waals surface area (Å²) in [6.07, 6.45) is 4.65. The smallest absolute Gasteiger partial charge is 0.303 e. The quantitative estimate of drug-likeness (QED) is 0.656. The lowest BCUT2D eigenvalue weighted by Gasteiger charge is -2.22. The van der Waals surface area contributed by atoms with Crippen LogP contribution >= 0.6 is 0 Å². The van der Waals surface area contributed by atoms with Gasteiger partial charge in [0.05, 0.1) is 15.7 Å². The Balaban J connectivity index is 2.10. The standard InChI is InChI=1S/C11H15N3O3S/c15-14(16)10-5-3-7-13-11(10)18(17)8-9-4-1-2-6-12-9/h3,5,7,9,12H,1-2,4,6,8H2/t9-,18-/m0/s1. The highest BCUT2D eigenvalue weighted by Crippen LogP contribution is 2.20. The molecule has 2 atom stereocenters. The molecule has 18 heavy (non-hydrogen) atoms. The van der Waals surface area contributed by atoms with E-state index < -0.39 is 15.7 Å². The largest absolute Gasteiger partial charge is 0.313 e. The fraction of sp³-hybridized carbons (Fsp3) is 0.545. The summed E-state index contributed by atoms with van der Waals surface area (Å²) in [5.41, 5.74) is -0.161. The van der Waals surface area contributed by atoms with E-state index in [9.17, 15) is 14.3 Å². The van der Waals surface area contributed by atoms with E-state index in [1.165, 1.54) is 18.3 Å². The zero-order valence-electron chi connectivity index (χ0n) is 9.87. The first-order chi connectivity index (χ1) is 8.68. The molecule has 1 aliphatic rings. The summed E-state index contributed by atoms with van der Waals surface area (Å²) in [7, 11) is -1.43. The van der Waals surface area contributed by atoms with Crippen LogP contribution in [0.25, 0.3) is 0 Å². The van der Waals surface area contributed by atoms with Crippen LogP contribution in [0.1, 0.15) is 19.3 Å². The van der Waals surface area contributed by atoms with Crippen molar-refractivity contribution in [3.05, 3.63) is 28.4 Å². The van der Waals surface area contributed by atoms with Gasteiger partial charge in [0.2, 0.25) is 5.03 Å². The third-order valence-corrected chi connectivity index (χ3v) is 4.38. The number of rotatable bonds is 4. The van der Waals surface area contributed by atoms with Crippen molar-refractivity contribution < 1.29 is 9.13 Å². The van der Waals surface area contributed by atoms with Crippen molar-refractivity contribution >= 4 is 16.5 Å². The van der Waals surface area contributed by atoms with Gasteiger partial charge in [-0.15, -0.1) is 0 Å². The summed E-state index contributed by atoms with van der Waals surface area (Å²) in [6.45, 7) is 0.923. The van der Waals surface area contributed by atoms with Crippen LogP contribution in [0.3, 0.4) is 0 Å². The van der Waals surface area contributed by atoms with Gasteiger partial charge >= 0.3 is 5.69 Å². The Morgan fingerprint density at radius 1 is 1.56 bits per heavy atom. The van der Waals surface area contributed by atoms with Gasteiger partial charge in [0, 0.05) is 24.1 Å². The highest BCUT2D eigenvalue weighted by atomic mass is 32.2. The highest BCUT2D eigenvalue weighted by molar-refractivity contribution is 7.85. The molecule has 0 spiro atoms. The van der Waals surface area contributed by atoms with Gasteiger partial charge in [0.1, 0.15) is 0 Å². The van der Waals surface area contributed by atoms with Gasteiger partial charge in [-0.05, 0) is 25.5 Å². The number of nitro groups is 1. The Morgan fingerprint density at radius 2 is 2.39 bits per heavy atom. The molecule has 1 fully saturated rings. The Morgan fingerprint density at radius 3 is 3.06 bits per heavy atom. The molecule has 1 N–H and O–H groups in total. The van der Waals surface area contributed by atoms with Crippen molar-refractivity contribution in [2.75, 3.05) is 12.3 Å². The molecule has 0 radical (unpaired) electrons. The minimum Gasteiger partial charge on any atom is -0.313 e. The second-order valence-corrected chi connectivity index (χ2v) is 5.65. The van der Waals surface area contributed by atoms with Crippen LogP contribution in [0.5, 0.6) is 0 Å². The van der Waals surface area contributed by atoms with E-state index in [1.54, 1.807) is 0 Å². The molecule has 7 heteroatoms. The molecule has 2 rings (SSSR count). The van der Waals surface area contributed by atoms with Gasteiger partial charge in [-0.2, -0.15) is 0 Å². The molecule has 0 aromatic carbocycles. The van der Waals surface area contributed by atoms with Crippen molar-refractivity contribution in [1.82, 2.24) is 10.3 Å². The lowest BCUT2D eigenvalue weighted by atomic mass is 10.1. The first kappa shape index (κ1) is 13.1. The minimum atomic E-state index is -1.43. The van der Waals surface area contributed by atoms with Gasteiger partial charge in [-0.3, -0.25) is 14.3 Å². The van der Waals surface area contributed by atoms with E-state index in [0.717, 1.165) is 25.8 Å². The Hall–Kier alpha value is -1.34. The van der Waals surface area contributed by atoms with Gasteiger partial charge in [-0.25, -0.2) is 4.98 Å². The zero-order chi connectivity index (χ0) is 13.0. The van der Waals surface area contributed by atoms with E-state index in [1.807, 2.05) is 0 Å². The topological polar surface area (TPSA) is 85.1 Å². The van der Waals surface area contributed by atoms with E-state index in [-0.39, 0.29) is 16.8 Å². The third kappa shape index (κ3) is 3.11. The van der Waals surface area contributed by atoms with Crippen LogP contribution in [-0.4, -0.2) is 32.5 Å². The van der Waals surface area contributed by atoms with E-state index >= 15 is 0 Å². The Kier molecular flexibility index (Phi) is 4.38. The molecule has 98 valence electrons. The second kappa shape index (κ2) is 6.01. The molecule has 2 heterocycles. The number of piperidine rings is 1. The lowest BCUT2D eigenvalue weighted by Crippen LogP contribution is -2.38. The predicted molar refractivity (Wildman–Crippen MR) is 67.8 cm³/mol. The van der Waals surface area contributed by atoms with Gasteiger partial charge in [0.15, 0.2) is 0 Å². The third-order valence-electron chi connectivity index (χ3n) is 2.93. The number of hydrogen-bond donors (Lipinski definition) is 1. The number of hydrogen-bond acceptors (Lipinski definition) is 5. The SMILES string of the molecule is O=[N+]([O-])c1cccnc1[S@@](=O)C[C@@H]1CCCCN1. The second-order valence-electron chi connectivity index (χ2n) is 4.24. The molecule has 0 saturated carbocycles. The van der Waals surface area contributed by atoms with Crippen molar-refractivity contribution in [3.63, 3.8) is 0 Å². The molecular formula is C11H15N3O3S. The van der Waals surface area contributed by atoms with E-state index in [4.69, 9.17) is 0 Å². The average Bonchev–Trinajstić information content (AvgIpc) is 2.40. The molecule has 6 nitrogen and oxygen atoms in total. The summed E-state index contributed by atoms with van der Waals surface area (Å²) in [4.78, 5) is 14.2. The lowest BCUT2D eigenvalue weighted by molar-refractivity contribution is -0.388. The van der Waals surface area contributed by atoms with E-state index in [2.05, 4.69) is 10.3 Å². The van der Waals surface area contributed by atoms with Gasteiger partial charge in [0.25, 0.3) is 0 Å². The first-order valence-corrected chi connectivity index (χ1v) is 7.21. The van der Waals surface area contributed by atoms with Crippen LogP contribution in [0.2, 0.25) is 0 Å². The van der Waals surface area contributed by atoms with Crippen molar-refractivity contribution in [2.45, 2.75) is 30.3 Å². The molecule has 0 bridgehead atoms. The van der Waals surface area contributed by atoms with Crippen LogP contribution in [0.4, 0.5) is 5.69 Å². The highest BCUT2D eigenvalue weighted by Gasteiger charge is 2.23. The molecule has 1 saturated heterocycles. The normalized spacial score (nSPS) is 21.4. The number of nitrogens with zero attached hydrogens (tertiary/aromatic N) is 2. The summed E-state index contributed by atoms with van der Waals surface area (Å²) in [5, 5.41) is 14.2. The Bertz CT molecular complexity index is 461. The Labute approximate surface area is 107 Å². The predicted octanol–water partition coefficient (Wildman–Crippen LogP) is 1.24. The summed E-state index contributed by atoms with van der Waals surface area (Å²) in [5.74, 6) is 0.387. The molecule has 0 amide bonds. The van der Waals surface area contributed by atoms with Crippen molar-refractivity contribution in [1.29, 1.82) is 0 Å². The van der Waals surface area contributed by atoms with Gasteiger partial charge in [-0.1, -0.05) is 6.42 Å². The van der Waals surface area contributed by atoms with Crippen LogP contribution < -0.4 is 5.32 Å². The number of nitrogens with one attached hydrogen (secondary N) is 1. The molecule has 0 aliphatic carbocycles. The van der Waals surface area contributed by atoms with Gasteiger partial charge < -0.3 is 5.32 Å². The van der Waals surface area contributed by atoms with Crippen LogP contribution in [-0.2, 0) is 10.8 Å². The van der Waals surface area contributed by atoms with Crippen LogP contribution in [0, 0.1) is 10.1 Å². The maximum atomic E-state index is 12.1. The maximum absolute atomic E-state index is 12.1. The van der Waals surface area contributed by atoms with Crippen molar-refractivity contribution in [2.24, 2.45) is 0 Å². The molecule has 0 unspecified atom stereocenters. The first-order valence-electron chi connectivity index (χ1n) is 5.89. The summed E-state index contributed by atoms with van der Waals surface area (Å²) in [6, 6.07) is 2.99. The fourth-order valence-electron chi connectivity index (χ4n) is 2.02. The maximum Gasteiger partial charge on any atom is 0.303 e. The minimum absolute atomic E-state index is 0.0786. The number of aromatic nitrogens is 1. The van der Waals surface area contributed by atoms with Crippen LogP contribution in [0.15, 0.2) is 23.4 Å². The zero-order valence-corrected chi connectivity index (χ0v) is 10.7. The fourth-order valence-corrected chi connectivity index (χ4v) is 3.39.